The molecule has 212 valence electrons. The second-order valence-electron chi connectivity index (χ2n) is 9.41. The molecule has 3 aromatic carbocycles. The van der Waals surface area contributed by atoms with Gasteiger partial charge >= 0.3 is 0 Å². The molecule has 0 unspecified atom stereocenters. The molecule has 0 aliphatic carbocycles. The third kappa shape index (κ3) is 8.85. The molecule has 3 aromatic rings. The van der Waals surface area contributed by atoms with E-state index in [9.17, 15) is 10.2 Å². The van der Waals surface area contributed by atoms with E-state index in [1.807, 2.05) is 91.0 Å². The maximum Gasteiger partial charge on any atom is 0.186 e. The van der Waals surface area contributed by atoms with Gasteiger partial charge in [0.15, 0.2) is 6.29 Å². The van der Waals surface area contributed by atoms with Gasteiger partial charge in [0.2, 0.25) is 0 Å². The van der Waals surface area contributed by atoms with Crippen molar-refractivity contribution < 1.29 is 33.9 Å². The van der Waals surface area contributed by atoms with Crippen molar-refractivity contribution in [3.05, 3.63) is 118 Å². The molecule has 0 spiro atoms. The number of benzene rings is 3. The van der Waals surface area contributed by atoms with Crippen molar-refractivity contribution in [1.29, 1.82) is 0 Å². The van der Waals surface area contributed by atoms with Gasteiger partial charge in [0.05, 0.1) is 45.7 Å². The van der Waals surface area contributed by atoms with Gasteiger partial charge < -0.3 is 33.9 Å². The highest BCUT2D eigenvalue weighted by Crippen LogP contribution is 2.31. The van der Waals surface area contributed by atoms with E-state index in [2.05, 4.69) is 10.0 Å². The summed E-state index contributed by atoms with van der Waals surface area (Å²) in [5.74, 6) is 0. The van der Waals surface area contributed by atoms with Crippen LogP contribution in [0.15, 0.2) is 96.1 Å². The number of aliphatic hydroxyl groups is 2. The van der Waals surface area contributed by atoms with Crippen LogP contribution in [0.1, 0.15) is 16.7 Å². The highest BCUT2D eigenvalue weighted by molar-refractivity contribution is 5.15. The van der Waals surface area contributed by atoms with Gasteiger partial charge in [-0.1, -0.05) is 96.1 Å². The Morgan fingerprint density at radius 3 is 1.68 bits per heavy atom. The summed E-state index contributed by atoms with van der Waals surface area (Å²) in [7, 11) is 0. The van der Waals surface area contributed by atoms with E-state index in [4.69, 9.17) is 29.2 Å². The molecule has 0 aromatic heterocycles. The topological polar surface area (TPSA) is 135 Å². The summed E-state index contributed by atoms with van der Waals surface area (Å²) in [4.78, 5) is 2.91. The minimum absolute atomic E-state index is 0.0328. The number of nitrogens with zero attached hydrogens (tertiary/aromatic N) is 3. The van der Waals surface area contributed by atoms with E-state index in [0.717, 1.165) is 16.7 Å². The Labute approximate surface area is 233 Å². The summed E-state index contributed by atoms with van der Waals surface area (Å²) < 4.78 is 31.4. The Balaban J connectivity index is 1.64. The maximum atomic E-state index is 9.98. The summed E-state index contributed by atoms with van der Waals surface area (Å²) in [5, 5.41) is 23.1. The van der Waals surface area contributed by atoms with Crippen molar-refractivity contribution in [2.75, 3.05) is 19.8 Å². The smallest absolute Gasteiger partial charge is 0.186 e. The first-order valence-electron chi connectivity index (χ1n) is 13.2. The first-order valence-corrected chi connectivity index (χ1v) is 13.2. The zero-order valence-corrected chi connectivity index (χ0v) is 22.1. The molecule has 10 nitrogen and oxygen atoms in total. The van der Waals surface area contributed by atoms with Crippen molar-refractivity contribution in [2.24, 2.45) is 5.11 Å². The average Bonchev–Trinajstić information content (AvgIpc) is 3.01. The van der Waals surface area contributed by atoms with Gasteiger partial charge in [-0.05, 0) is 22.2 Å². The Hall–Kier alpha value is -3.31. The minimum Gasteiger partial charge on any atom is -0.394 e. The van der Waals surface area contributed by atoms with Crippen LogP contribution in [0.2, 0.25) is 0 Å². The van der Waals surface area contributed by atoms with Crippen LogP contribution in [0.4, 0.5) is 0 Å². The van der Waals surface area contributed by atoms with Gasteiger partial charge in [-0.3, -0.25) is 0 Å². The standard InChI is InChI=1S/C30H35N3O7/c31-33-32-16-26-27(36-18-22-10-4-1-5-11-22)28(37-19-23-12-6-2-7-13-23)29(30(40-26)39-21-25(35)17-34)38-20-24-14-8-3-9-15-24/h1-15,25-30,34-35H,16-21H2/t25-,26-,27-,28+,29-,30+/m1/s1. The molecule has 0 radical (unpaired) electrons. The van der Waals surface area contributed by atoms with Gasteiger partial charge in [-0.2, -0.15) is 0 Å². The largest absolute Gasteiger partial charge is 0.394 e. The van der Waals surface area contributed by atoms with Crippen LogP contribution in [0, 0.1) is 0 Å². The fourth-order valence-electron chi connectivity index (χ4n) is 4.40. The van der Waals surface area contributed by atoms with Gasteiger partial charge in [-0.15, -0.1) is 0 Å². The van der Waals surface area contributed by atoms with Gasteiger partial charge in [0.25, 0.3) is 0 Å². The lowest BCUT2D eigenvalue weighted by Gasteiger charge is -2.45. The highest BCUT2D eigenvalue weighted by Gasteiger charge is 2.48. The van der Waals surface area contributed by atoms with E-state index < -0.39 is 43.4 Å². The number of rotatable bonds is 15. The van der Waals surface area contributed by atoms with Crippen LogP contribution >= 0.6 is 0 Å². The van der Waals surface area contributed by atoms with Crippen molar-refractivity contribution in [2.45, 2.75) is 56.6 Å². The quantitative estimate of drug-likeness (QED) is 0.165. The molecule has 10 heteroatoms. The Morgan fingerprint density at radius 1 is 0.725 bits per heavy atom. The van der Waals surface area contributed by atoms with E-state index >= 15 is 0 Å². The zero-order valence-electron chi connectivity index (χ0n) is 22.1. The van der Waals surface area contributed by atoms with Gasteiger partial charge in [-0.25, -0.2) is 0 Å². The molecule has 40 heavy (non-hydrogen) atoms. The predicted molar refractivity (Wildman–Crippen MR) is 147 cm³/mol. The number of hydrogen-bond acceptors (Lipinski definition) is 8. The van der Waals surface area contributed by atoms with Gasteiger partial charge in [0.1, 0.15) is 24.4 Å². The molecule has 1 aliphatic rings. The average molecular weight is 550 g/mol. The van der Waals surface area contributed by atoms with Crippen molar-refractivity contribution in [3.8, 4) is 0 Å². The lowest BCUT2D eigenvalue weighted by Crippen LogP contribution is -2.61. The summed E-state index contributed by atoms with van der Waals surface area (Å²) in [5.41, 5.74) is 11.9. The molecule has 1 heterocycles. The number of aliphatic hydroxyl groups excluding tert-OH is 2. The second-order valence-corrected chi connectivity index (χ2v) is 9.41. The van der Waals surface area contributed by atoms with Crippen LogP contribution in [-0.2, 0) is 43.5 Å². The van der Waals surface area contributed by atoms with Crippen LogP contribution in [0.25, 0.3) is 10.4 Å². The molecular weight excluding hydrogens is 514 g/mol. The predicted octanol–water partition coefficient (Wildman–Crippen LogP) is 4.15. The van der Waals surface area contributed by atoms with Crippen LogP contribution in [-0.4, -0.2) is 66.8 Å². The van der Waals surface area contributed by atoms with Crippen LogP contribution in [0.3, 0.4) is 0 Å². The maximum absolute atomic E-state index is 9.98. The van der Waals surface area contributed by atoms with Crippen molar-refractivity contribution in [1.82, 2.24) is 0 Å². The first kappa shape index (κ1) is 29.7. The van der Waals surface area contributed by atoms with E-state index in [-0.39, 0.29) is 33.0 Å². The number of hydrogen-bond donors (Lipinski definition) is 2. The van der Waals surface area contributed by atoms with Crippen molar-refractivity contribution >= 4 is 0 Å². The lowest BCUT2D eigenvalue weighted by atomic mass is 9.97. The molecule has 6 atom stereocenters. The van der Waals surface area contributed by atoms with E-state index in [1.54, 1.807) is 0 Å². The Morgan fingerprint density at radius 2 is 1.20 bits per heavy atom. The summed E-state index contributed by atoms with van der Waals surface area (Å²) in [6, 6.07) is 29.1. The Kier molecular flexibility index (Phi) is 11.9. The molecule has 1 fully saturated rings. The molecule has 0 amide bonds. The highest BCUT2D eigenvalue weighted by atomic mass is 16.7. The van der Waals surface area contributed by atoms with Crippen LogP contribution < -0.4 is 0 Å². The second kappa shape index (κ2) is 16.1. The zero-order chi connectivity index (χ0) is 28.0. The molecule has 0 saturated carbocycles. The molecule has 1 saturated heterocycles. The molecule has 0 bridgehead atoms. The van der Waals surface area contributed by atoms with Gasteiger partial charge in [0, 0.05) is 4.91 Å². The SMILES string of the molecule is [N-]=[N+]=NC[C@H]1O[C@H](OC[C@H](O)CO)[C@H](OCc2ccccc2)[C@@H](OCc2ccccc2)[C@@H]1OCc1ccccc1. The third-order valence-electron chi connectivity index (χ3n) is 6.44. The fourth-order valence-corrected chi connectivity index (χ4v) is 4.40. The molecule has 1 aliphatic heterocycles. The summed E-state index contributed by atoms with van der Waals surface area (Å²) in [6.45, 7) is 0.0850. The fraction of sp³-hybridized carbons (Fsp3) is 0.400. The Bertz CT molecular complexity index is 1170. The molecular formula is C30H35N3O7. The van der Waals surface area contributed by atoms with E-state index in [0.29, 0.717) is 0 Å². The van der Waals surface area contributed by atoms with Crippen LogP contribution in [0.5, 0.6) is 0 Å². The lowest BCUT2D eigenvalue weighted by molar-refractivity contribution is -0.324. The summed E-state index contributed by atoms with van der Waals surface area (Å²) in [6.07, 6.45) is -4.99. The first-order chi connectivity index (χ1) is 19.7. The van der Waals surface area contributed by atoms with Crippen molar-refractivity contribution in [3.63, 3.8) is 0 Å². The number of ether oxygens (including phenoxy) is 5. The third-order valence-corrected chi connectivity index (χ3v) is 6.44. The molecule has 2 N–H and O–H groups in total. The molecule has 4 rings (SSSR count). The minimum atomic E-state index is -1.11. The monoisotopic (exact) mass is 549 g/mol. The normalized spacial score (nSPS) is 23.3. The van der Waals surface area contributed by atoms with E-state index in [1.165, 1.54) is 0 Å². The number of azide groups is 1. The summed E-state index contributed by atoms with van der Waals surface area (Å²) >= 11 is 0.